The van der Waals surface area contributed by atoms with Crippen LogP contribution < -0.4 is 0 Å². The summed E-state index contributed by atoms with van der Waals surface area (Å²) in [5.74, 6) is 0. The van der Waals surface area contributed by atoms with Crippen LogP contribution in [0.15, 0.2) is 21.8 Å². The van der Waals surface area contributed by atoms with Gasteiger partial charge >= 0.3 is 0 Å². The summed E-state index contributed by atoms with van der Waals surface area (Å²) in [7, 11) is 2.26. The lowest BCUT2D eigenvalue weighted by Crippen LogP contribution is -2.34. The molecule has 0 unspecified atom stereocenters. The molecule has 0 aromatic heterocycles. The van der Waals surface area contributed by atoms with Crippen molar-refractivity contribution in [2.24, 2.45) is 0 Å². The number of rotatable bonds is 4. The van der Waals surface area contributed by atoms with Crippen LogP contribution >= 0.6 is 22.6 Å². The molecule has 0 aromatic rings. The predicted molar refractivity (Wildman–Crippen MR) is 76.4 cm³/mol. The zero-order chi connectivity index (χ0) is 11.1. The molecule has 0 spiro atoms. The maximum atomic E-state index is 2.52. The Balaban J connectivity index is 2.36. The number of halogens is 1. The largest absolute Gasteiger partial charge is 0.299 e. The van der Waals surface area contributed by atoms with Crippen molar-refractivity contribution < 1.29 is 0 Å². The van der Waals surface area contributed by atoms with Crippen molar-refractivity contribution in [1.82, 2.24) is 4.90 Å². The molecular formula is C13H22IN. The first kappa shape index (κ1) is 13.2. The Morgan fingerprint density at radius 3 is 2.60 bits per heavy atom. The highest BCUT2D eigenvalue weighted by molar-refractivity contribution is 14.1. The van der Waals surface area contributed by atoms with Gasteiger partial charge in [0.2, 0.25) is 0 Å². The third-order valence-electron chi connectivity index (χ3n) is 3.15. The minimum absolute atomic E-state index is 0.825. The van der Waals surface area contributed by atoms with E-state index >= 15 is 0 Å². The standard InChI is InChI=1S/C13H22IN/c1-12(7-6-10-14)11-15(2)13-8-4-3-5-9-13/h6-7,10,13H,3-5,8-9,11H2,1-2H3/b10-6-,12-7+. The fourth-order valence-electron chi connectivity index (χ4n) is 2.30. The second-order valence-corrected chi connectivity index (χ2v) is 5.26. The molecule has 1 aliphatic carbocycles. The van der Waals surface area contributed by atoms with Gasteiger partial charge in [-0.2, -0.15) is 0 Å². The van der Waals surface area contributed by atoms with Gasteiger partial charge in [-0.25, -0.2) is 0 Å². The summed E-state index contributed by atoms with van der Waals surface area (Å²) in [5.41, 5.74) is 1.45. The van der Waals surface area contributed by atoms with Crippen LogP contribution in [0.25, 0.3) is 0 Å². The molecule has 0 amide bonds. The molecule has 15 heavy (non-hydrogen) atoms. The molecule has 1 rings (SSSR count). The first-order valence-electron chi connectivity index (χ1n) is 5.87. The van der Waals surface area contributed by atoms with E-state index in [2.05, 4.69) is 57.7 Å². The van der Waals surface area contributed by atoms with Gasteiger partial charge in [-0.3, -0.25) is 4.90 Å². The molecule has 1 saturated carbocycles. The van der Waals surface area contributed by atoms with Gasteiger partial charge in [-0.1, -0.05) is 59.6 Å². The van der Waals surface area contributed by atoms with Crippen LogP contribution in [0.3, 0.4) is 0 Å². The summed E-state index contributed by atoms with van der Waals surface area (Å²) >= 11 is 2.26. The van der Waals surface area contributed by atoms with E-state index in [0.29, 0.717) is 0 Å². The van der Waals surface area contributed by atoms with Crippen molar-refractivity contribution in [1.29, 1.82) is 0 Å². The molecule has 0 radical (unpaired) electrons. The Bertz CT molecular complexity index is 227. The van der Waals surface area contributed by atoms with Crippen molar-refractivity contribution in [3.63, 3.8) is 0 Å². The van der Waals surface area contributed by atoms with Crippen molar-refractivity contribution >= 4 is 22.6 Å². The van der Waals surface area contributed by atoms with Crippen molar-refractivity contribution in [3.05, 3.63) is 21.8 Å². The summed E-state index contributed by atoms with van der Waals surface area (Å²) in [6.45, 7) is 3.33. The Hall–Kier alpha value is 0.170. The van der Waals surface area contributed by atoms with Gasteiger partial charge in [0, 0.05) is 12.6 Å². The molecule has 0 atom stereocenters. The minimum atomic E-state index is 0.825. The zero-order valence-electron chi connectivity index (χ0n) is 9.88. The van der Waals surface area contributed by atoms with Crippen molar-refractivity contribution in [2.45, 2.75) is 45.1 Å². The molecule has 0 N–H and O–H groups in total. The van der Waals surface area contributed by atoms with Gasteiger partial charge in [0.05, 0.1) is 0 Å². The van der Waals surface area contributed by atoms with E-state index in [1.807, 2.05) is 0 Å². The third kappa shape index (κ3) is 5.16. The number of hydrogen-bond donors (Lipinski definition) is 0. The van der Waals surface area contributed by atoms with Crippen LogP contribution in [0.5, 0.6) is 0 Å². The van der Waals surface area contributed by atoms with Crippen LogP contribution in [0.1, 0.15) is 39.0 Å². The average molecular weight is 319 g/mol. The summed E-state index contributed by atoms with van der Waals surface area (Å²) in [6, 6.07) is 0.825. The lowest BCUT2D eigenvalue weighted by molar-refractivity contribution is 0.205. The van der Waals surface area contributed by atoms with Crippen molar-refractivity contribution in [3.8, 4) is 0 Å². The van der Waals surface area contributed by atoms with Crippen molar-refractivity contribution in [2.75, 3.05) is 13.6 Å². The summed E-state index contributed by atoms with van der Waals surface area (Å²) in [6.07, 6.45) is 11.4. The molecule has 1 aliphatic rings. The SMILES string of the molecule is C/C(=C\C=C/I)CN(C)C1CCCCC1. The molecule has 86 valence electrons. The van der Waals surface area contributed by atoms with Gasteiger partial charge < -0.3 is 0 Å². The molecular weight excluding hydrogens is 297 g/mol. The normalized spacial score (nSPS) is 20.4. The summed E-state index contributed by atoms with van der Waals surface area (Å²) < 4.78 is 2.06. The lowest BCUT2D eigenvalue weighted by atomic mass is 9.94. The van der Waals surface area contributed by atoms with Gasteiger partial charge in [0.1, 0.15) is 0 Å². The number of allylic oxidation sites excluding steroid dienone is 2. The highest BCUT2D eigenvalue weighted by Crippen LogP contribution is 2.21. The van der Waals surface area contributed by atoms with E-state index in [-0.39, 0.29) is 0 Å². The Morgan fingerprint density at radius 1 is 1.33 bits per heavy atom. The second kappa shape index (κ2) is 7.44. The highest BCUT2D eigenvalue weighted by atomic mass is 127. The highest BCUT2D eigenvalue weighted by Gasteiger charge is 2.17. The molecule has 0 saturated heterocycles. The first-order chi connectivity index (χ1) is 7.24. The maximum absolute atomic E-state index is 2.52. The second-order valence-electron chi connectivity index (χ2n) is 4.54. The van der Waals surface area contributed by atoms with Crippen LogP contribution in [0.4, 0.5) is 0 Å². The number of likely N-dealkylation sites (N-methyl/N-ethyl adjacent to an activating group) is 1. The van der Waals surface area contributed by atoms with E-state index < -0.39 is 0 Å². The van der Waals surface area contributed by atoms with Gasteiger partial charge in [-0.15, -0.1) is 0 Å². The molecule has 0 heterocycles. The first-order valence-corrected chi connectivity index (χ1v) is 7.11. The van der Waals surface area contributed by atoms with E-state index in [9.17, 15) is 0 Å². The Kier molecular flexibility index (Phi) is 6.57. The molecule has 1 fully saturated rings. The van der Waals surface area contributed by atoms with E-state index in [1.54, 1.807) is 0 Å². The summed E-state index contributed by atoms with van der Waals surface area (Å²) in [5, 5.41) is 0. The maximum Gasteiger partial charge on any atom is 0.0193 e. The van der Waals surface area contributed by atoms with Gasteiger partial charge in [0.15, 0.2) is 0 Å². The van der Waals surface area contributed by atoms with Crippen LogP contribution in [-0.4, -0.2) is 24.5 Å². The van der Waals surface area contributed by atoms with Crippen LogP contribution in [-0.2, 0) is 0 Å². The smallest absolute Gasteiger partial charge is 0.0193 e. The minimum Gasteiger partial charge on any atom is -0.299 e. The average Bonchev–Trinajstić information content (AvgIpc) is 2.27. The number of hydrogen-bond acceptors (Lipinski definition) is 1. The molecule has 0 aliphatic heterocycles. The van der Waals surface area contributed by atoms with E-state index in [1.165, 1.54) is 37.7 Å². The molecule has 0 bridgehead atoms. The Labute approximate surface area is 108 Å². The molecule has 1 nitrogen and oxygen atoms in total. The van der Waals surface area contributed by atoms with Crippen LogP contribution in [0.2, 0.25) is 0 Å². The van der Waals surface area contributed by atoms with Crippen LogP contribution in [0, 0.1) is 0 Å². The van der Waals surface area contributed by atoms with Gasteiger partial charge in [0.25, 0.3) is 0 Å². The monoisotopic (exact) mass is 319 g/mol. The van der Waals surface area contributed by atoms with Gasteiger partial charge in [-0.05, 0) is 30.9 Å². The Morgan fingerprint density at radius 2 is 2.00 bits per heavy atom. The summed E-state index contributed by atoms with van der Waals surface area (Å²) in [4.78, 5) is 2.52. The zero-order valence-corrected chi connectivity index (χ0v) is 12.0. The predicted octanol–water partition coefficient (Wildman–Crippen LogP) is 4.15. The fraction of sp³-hybridized carbons (Fsp3) is 0.692. The van der Waals surface area contributed by atoms with E-state index in [4.69, 9.17) is 0 Å². The quantitative estimate of drug-likeness (QED) is 0.556. The van der Waals surface area contributed by atoms with E-state index in [0.717, 1.165) is 12.6 Å². The molecule has 2 heteroatoms. The third-order valence-corrected chi connectivity index (χ3v) is 3.57. The molecule has 0 aromatic carbocycles. The topological polar surface area (TPSA) is 3.24 Å². The fourth-order valence-corrected chi connectivity index (χ4v) is 2.51. The number of nitrogens with zero attached hydrogens (tertiary/aromatic N) is 1. The lowest BCUT2D eigenvalue weighted by Gasteiger charge is -2.31.